The number of carbonyl (C=O) groups is 1. The lowest BCUT2D eigenvalue weighted by Crippen LogP contribution is -2.54. The van der Waals surface area contributed by atoms with E-state index in [2.05, 4.69) is 9.98 Å². The Labute approximate surface area is 209 Å². The first kappa shape index (κ1) is 25.0. The van der Waals surface area contributed by atoms with Crippen LogP contribution in [0.25, 0.3) is 0 Å². The summed E-state index contributed by atoms with van der Waals surface area (Å²) in [5.74, 6) is -1.46. The van der Waals surface area contributed by atoms with E-state index in [9.17, 15) is 13.2 Å². The number of halogens is 2. The Morgan fingerprint density at radius 3 is 2.51 bits per heavy atom. The first-order valence-corrected chi connectivity index (χ1v) is 13.0. The number of rotatable bonds is 5. The second-order valence-electron chi connectivity index (χ2n) is 9.21. The Balaban J connectivity index is 1.74. The molecule has 0 spiro atoms. The maximum Gasteiger partial charge on any atom is 0.185 e. The molecule has 0 saturated heterocycles. The SMILES string of the molecule is Cc1cccc([C@]2(C)C(N)=N[C@](C)(c3cc(CC(=O)c4ccc(Cl)cn4)ccc3F)CS2(=O)=O)c1. The van der Waals surface area contributed by atoms with Crippen molar-refractivity contribution >= 4 is 33.1 Å². The van der Waals surface area contributed by atoms with E-state index in [1.807, 2.05) is 13.0 Å². The molecule has 0 unspecified atom stereocenters. The highest BCUT2D eigenvalue weighted by atomic mass is 35.5. The minimum Gasteiger partial charge on any atom is -0.386 e. The van der Waals surface area contributed by atoms with Crippen LogP contribution < -0.4 is 5.73 Å². The van der Waals surface area contributed by atoms with Crippen LogP contribution in [0.2, 0.25) is 5.02 Å². The van der Waals surface area contributed by atoms with E-state index in [0.717, 1.165) is 5.56 Å². The molecule has 35 heavy (non-hydrogen) atoms. The monoisotopic (exact) mass is 513 g/mol. The molecule has 2 N–H and O–H groups in total. The standard InChI is InChI=1S/C26H25ClFN3O3S/c1-16-5-4-6-18(11-16)26(3)24(29)31-25(2,15-35(26,33)34)20-12-17(7-9-21(20)28)13-23(32)22-10-8-19(27)14-30-22/h4-12,14H,13,15H2,1-3H3,(H2,29,31)/t25-,26+/m0/s1. The Morgan fingerprint density at radius 1 is 1.14 bits per heavy atom. The molecule has 0 aliphatic carbocycles. The van der Waals surface area contributed by atoms with Gasteiger partial charge >= 0.3 is 0 Å². The number of nitrogens with zero attached hydrogens (tertiary/aromatic N) is 2. The van der Waals surface area contributed by atoms with Crippen LogP contribution in [0.4, 0.5) is 4.39 Å². The lowest BCUT2D eigenvalue weighted by molar-refractivity contribution is 0.0988. The van der Waals surface area contributed by atoms with Gasteiger partial charge < -0.3 is 5.73 Å². The third kappa shape index (κ3) is 4.48. The highest BCUT2D eigenvalue weighted by Crippen LogP contribution is 2.43. The van der Waals surface area contributed by atoms with Gasteiger partial charge in [-0.1, -0.05) is 47.5 Å². The fourth-order valence-corrected chi connectivity index (χ4v) is 6.61. The van der Waals surface area contributed by atoms with Gasteiger partial charge in [-0.15, -0.1) is 0 Å². The largest absolute Gasteiger partial charge is 0.386 e. The maximum absolute atomic E-state index is 15.0. The number of aromatic nitrogens is 1. The molecule has 2 aromatic carbocycles. The molecule has 2 atom stereocenters. The molecule has 1 aliphatic heterocycles. The van der Waals surface area contributed by atoms with Gasteiger partial charge in [0, 0.05) is 18.2 Å². The molecule has 4 rings (SSSR count). The average Bonchev–Trinajstić information content (AvgIpc) is 2.78. The molecule has 0 bridgehead atoms. The minimum atomic E-state index is -3.91. The van der Waals surface area contributed by atoms with Crippen molar-refractivity contribution in [1.82, 2.24) is 4.98 Å². The van der Waals surface area contributed by atoms with Crippen molar-refractivity contribution in [2.24, 2.45) is 10.7 Å². The topological polar surface area (TPSA) is 102 Å². The second kappa shape index (κ2) is 8.84. The van der Waals surface area contributed by atoms with Gasteiger partial charge in [-0.3, -0.25) is 14.8 Å². The Kier molecular flexibility index (Phi) is 6.32. The molecule has 3 aromatic rings. The van der Waals surface area contributed by atoms with Gasteiger partial charge in [0.05, 0.1) is 10.8 Å². The molecule has 182 valence electrons. The summed E-state index contributed by atoms with van der Waals surface area (Å²) in [5, 5.41) is 0.408. The van der Waals surface area contributed by atoms with E-state index in [0.29, 0.717) is 16.1 Å². The van der Waals surface area contributed by atoms with Crippen LogP contribution in [0, 0.1) is 12.7 Å². The molecular weight excluding hydrogens is 489 g/mol. The predicted molar refractivity (Wildman–Crippen MR) is 135 cm³/mol. The zero-order valence-electron chi connectivity index (χ0n) is 19.5. The van der Waals surface area contributed by atoms with Crippen LogP contribution in [-0.2, 0) is 26.5 Å². The molecule has 0 fully saturated rings. The first-order chi connectivity index (χ1) is 16.4. The van der Waals surface area contributed by atoms with Crippen LogP contribution in [0.3, 0.4) is 0 Å². The van der Waals surface area contributed by atoms with Crippen molar-refractivity contribution in [1.29, 1.82) is 0 Å². The summed E-state index contributed by atoms with van der Waals surface area (Å²) in [6.45, 7) is 4.93. The van der Waals surface area contributed by atoms with Crippen molar-refractivity contribution in [3.8, 4) is 0 Å². The fourth-order valence-electron chi connectivity index (χ4n) is 4.40. The summed E-state index contributed by atoms with van der Waals surface area (Å²) in [6, 6.07) is 14.3. The van der Waals surface area contributed by atoms with Crippen LogP contribution in [0.5, 0.6) is 0 Å². The zero-order chi connectivity index (χ0) is 25.6. The number of aliphatic imine (C=N–C) groups is 1. The number of ketones is 1. The van der Waals surface area contributed by atoms with E-state index in [4.69, 9.17) is 17.3 Å². The van der Waals surface area contributed by atoms with Crippen molar-refractivity contribution in [2.45, 2.75) is 37.5 Å². The van der Waals surface area contributed by atoms with Crippen LogP contribution in [-0.4, -0.2) is 30.8 Å². The van der Waals surface area contributed by atoms with E-state index < -0.39 is 31.7 Å². The number of aryl methyl sites for hydroxylation is 1. The lowest BCUT2D eigenvalue weighted by Gasteiger charge is -2.40. The first-order valence-electron chi connectivity index (χ1n) is 10.9. The highest BCUT2D eigenvalue weighted by molar-refractivity contribution is 7.93. The van der Waals surface area contributed by atoms with Crippen LogP contribution in [0.15, 0.2) is 65.8 Å². The summed E-state index contributed by atoms with van der Waals surface area (Å²) in [7, 11) is -3.91. The second-order valence-corrected chi connectivity index (χ2v) is 12.0. The third-order valence-corrected chi connectivity index (χ3v) is 9.36. The number of amidine groups is 1. The summed E-state index contributed by atoms with van der Waals surface area (Å²) >= 11 is 5.83. The quantitative estimate of drug-likeness (QED) is 0.505. The Hall–Kier alpha value is -3.10. The summed E-state index contributed by atoms with van der Waals surface area (Å²) < 4.78 is 40.8. The summed E-state index contributed by atoms with van der Waals surface area (Å²) in [5.41, 5.74) is 7.04. The number of hydrogen-bond acceptors (Lipinski definition) is 6. The van der Waals surface area contributed by atoms with E-state index in [1.54, 1.807) is 24.3 Å². The molecule has 1 aliphatic rings. The van der Waals surface area contributed by atoms with Gasteiger partial charge in [-0.2, -0.15) is 0 Å². The zero-order valence-corrected chi connectivity index (χ0v) is 21.1. The molecule has 6 nitrogen and oxygen atoms in total. The average molecular weight is 514 g/mol. The Bertz CT molecular complexity index is 1460. The van der Waals surface area contributed by atoms with Gasteiger partial charge in [-0.05, 0) is 56.2 Å². The van der Waals surface area contributed by atoms with Crippen molar-refractivity contribution < 1.29 is 17.6 Å². The molecular formula is C26H25ClFN3O3S. The van der Waals surface area contributed by atoms with Crippen LogP contribution >= 0.6 is 11.6 Å². The number of nitrogens with two attached hydrogens (primary N) is 1. The third-order valence-electron chi connectivity index (χ3n) is 6.51. The number of pyridine rings is 1. The van der Waals surface area contributed by atoms with Gasteiger partial charge in [0.2, 0.25) is 0 Å². The van der Waals surface area contributed by atoms with E-state index in [-0.39, 0.29) is 29.3 Å². The van der Waals surface area contributed by atoms with Gasteiger partial charge in [-0.25, -0.2) is 12.8 Å². The highest BCUT2D eigenvalue weighted by Gasteiger charge is 2.53. The molecule has 9 heteroatoms. The number of sulfone groups is 1. The van der Waals surface area contributed by atoms with Crippen LogP contribution in [0.1, 0.15) is 46.6 Å². The number of Topliss-reactive ketones (excluding diaryl/α,β-unsaturated/α-hetero) is 1. The number of benzene rings is 2. The lowest BCUT2D eigenvalue weighted by atomic mass is 9.89. The minimum absolute atomic E-state index is 0.0506. The molecule has 0 amide bonds. The van der Waals surface area contributed by atoms with Gasteiger partial charge in [0.25, 0.3) is 0 Å². The molecule has 0 radical (unpaired) electrons. The van der Waals surface area contributed by atoms with Crippen molar-refractivity contribution in [3.05, 3.63) is 99.6 Å². The number of hydrogen-bond donors (Lipinski definition) is 1. The van der Waals surface area contributed by atoms with Crippen molar-refractivity contribution in [2.75, 3.05) is 5.75 Å². The van der Waals surface area contributed by atoms with E-state index >= 15 is 4.39 Å². The van der Waals surface area contributed by atoms with Gasteiger partial charge in [0.1, 0.15) is 22.9 Å². The number of carbonyl (C=O) groups excluding carboxylic acids is 1. The van der Waals surface area contributed by atoms with Gasteiger partial charge in [0.15, 0.2) is 20.4 Å². The Morgan fingerprint density at radius 2 is 1.89 bits per heavy atom. The van der Waals surface area contributed by atoms with E-state index in [1.165, 1.54) is 44.3 Å². The summed E-state index contributed by atoms with van der Waals surface area (Å²) in [6.07, 6.45) is 1.33. The van der Waals surface area contributed by atoms with Crippen molar-refractivity contribution in [3.63, 3.8) is 0 Å². The maximum atomic E-state index is 15.0. The summed E-state index contributed by atoms with van der Waals surface area (Å²) in [4.78, 5) is 21.2. The molecule has 2 heterocycles. The predicted octanol–water partition coefficient (Wildman–Crippen LogP) is 4.52. The fraction of sp³-hybridized carbons (Fsp3) is 0.269. The smallest absolute Gasteiger partial charge is 0.185 e. The molecule has 0 saturated carbocycles. The normalized spacial score (nSPS) is 23.5. The molecule has 1 aromatic heterocycles.